The molecule has 0 amide bonds. The van der Waals surface area contributed by atoms with Crippen molar-refractivity contribution in [3.8, 4) is 0 Å². The SMILES string of the molecule is CC(C)(C)c1ccc(CC2(C(=O)O)CCNCC2)cc1. The molecule has 0 atom stereocenters. The zero-order chi connectivity index (χ0) is 14.8. The highest BCUT2D eigenvalue weighted by Gasteiger charge is 2.39. The van der Waals surface area contributed by atoms with Crippen LogP contribution >= 0.6 is 0 Å². The van der Waals surface area contributed by atoms with Gasteiger partial charge in [-0.1, -0.05) is 45.0 Å². The molecule has 1 saturated heterocycles. The molecular formula is C17H25NO2. The van der Waals surface area contributed by atoms with E-state index in [0.717, 1.165) is 18.7 Å². The molecule has 1 aliphatic heterocycles. The number of carboxylic acids is 1. The van der Waals surface area contributed by atoms with Gasteiger partial charge in [0, 0.05) is 0 Å². The van der Waals surface area contributed by atoms with Gasteiger partial charge in [0.1, 0.15) is 0 Å². The summed E-state index contributed by atoms with van der Waals surface area (Å²) in [6, 6.07) is 8.44. The second-order valence-electron chi connectivity index (χ2n) is 6.96. The lowest BCUT2D eigenvalue weighted by molar-refractivity contribution is -0.150. The lowest BCUT2D eigenvalue weighted by Crippen LogP contribution is -2.43. The molecule has 1 heterocycles. The Balaban J connectivity index is 2.17. The van der Waals surface area contributed by atoms with Gasteiger partial charge >= 0.3 is 5.97 Å². The monoisotopic (exact) mass is 275 g/mol. The number of nitrogens with one attached hydrogen (secondary N) is 1. The maximum Gasteiger partial charge on any atom is 0.310 e. The molecule has 1 aliphatic rings. The van der Waals surface area contributed by atoms with E-state index in [2.05, 4.69) is 50.4 Å². The fraction of sp³-hybridized carbons (Fsp3) is 0.588. The van der Waals surface area contributed by atoms with Crippen molar-refractivity contribution in [2.45, 2.75) is 45.4 Å². The highest BCUT2D eigenvalue weighted by atomic mass is 16.4. The molecule has 0 aromatic heterocycles. The van der Waals surface area contributed by atoms with E-state index in [1.165, 1.54) is 5.56 Å². The summed E-state index contributed by atoms with van der Waals surface area (Å²) in [4.78, 5) is 11.7. The Hall–Kier alpha value is -1.35. The van der Waals surface area contributed by atoms with E-state index >= 15 is 0 Å². The first-order valence-electron chi connectivity index (χ1n) is 7.37. The van der Waals surface area contributed by atoms with Gasteiger partial charge in [0.25, 0.3) is 0 Å². The van der Waals surface area contributed by atoms with Crippen molar-refractivity contribution in [3.05, 3.63) is 35.4 Å². The molecule has 2 N–H and O–H groups in total. The topological polar surface area (TPSA) is 49.3 Å². The van der Waals surface area contributed by atoms with E-state index in [9.17, 15) is 9.90 Å². The smallest absolute Gasteiger partial charge is 0.310 e. The summed E-state index contributed by atoms with van der Waals surface area (Å²) < 4.78 is 0. The van der Waals surface area contributed by atoms with Crippen molar-refractivity contribution in [3.63, 3.8) is 0 Å². The van der Waals surface area contributed by atoms with E-state index in [0.29, 0.717) is 19.3 Å². The lowest BCUT2D eigenvalue weighted by atomic mass is 9.74. The average Bonchev–Trinajstić information content (AvgIpc) is 2.39. The first-order chi connectivity index (χ1) is 9.33. The number of piperidine rings is 1. The summed E-state index contributed by atoms with van der Waals surface area (Å²) >= 11 is 0. The molecule has 1 aromatic rings. The van der Waals surface area contributed by atoms with Crippen LogP contribution in [0.25, 0.3) is 0 Å². The molecule has 3 nitrogen and oxygen atoms in total. The predicted octanol–water partition coefficient (Wildman–Crippen LogP) is 2.98. The summed E-state index contributed by atoms with van der Waals surface area (Å²) in [7, 11) is 0. The van der Waals surface area contributed by atoms with Gasteiger partial charge in [0.2, 0.25) is 0 Å². The van der Waals surface area contributed by atoms with E-state index in [1.54, 1.807) is 0 Å². The standard InChI is InChI=1S/C17H25NO2/c1-16(2,3)14-6-4-13(5-7-14)12-17(15(19)20)8-10-18-11-9-17/h4-7,18H,8-12H2,1-3H3,(H,19,20). The molecule has 0 aliphatic carbocycles. The van der Waals surface area contributed by atoms with E-state index < -0.39 is 11.4 Å². The number of carboxylic acid groups (broad SMARTS) is 1. The zero-order valence-corrected chi connectivity index (χ0v) is 12.7. The van der Waals surface area contributed by atoms with E-state index in [4.69, 9.17) is 0 Å². The van der Waals surface area contributed by atoms with Gasteiger partial charge < -0.3 is 10.4 Å². The molecule has 2 rings (SSSR count). The van der Waals surface area contributed by atoms with Crippen molar-refractivity contribution in [1.29, 1.82) is 0 Å². The predicted molar refractivity (Wildman–Crippen MR) is 81.0 cm³/mol. The van der Waals surface area contributed by atoms with Gasteiger partial charge in [-0.25, -0.2) is 0 Å². The minimum absolute atomic E-state index is 0.137. The Morgan fingerprint density at radius 3 is 2.20 bits per heavy atom. The third kappa shape index (κ3) is 3.21. The molecule has 0 radical (unpaired) electrons. The number of benzene rings is 1. The van der Waals surface area contributed by atoms with Gasteiger partial charge in [-0.15, -0.1) is 0 Å². The molecule has 3 heteroatoms. The maximum absolute atomic E-state index is 11.7. The summed E-state index contributed by atoms with van der Waals surface area (Å²) in [6.07, 6.45) is 2.06. The minimum atomic E-state index is -0.654. The Labute approximate surface area is 121 Å². The van der Waals surface area contributed by atoms with Gasteiger partial charge in [-0.3, -0.25) is 4.79 Å². The maximum atomic E-state index is 11.7. The summed E-state index contributed by atoms with van der Waals surface area (Å²) in [5.41, 5.74) is 1.96. The summed E-state index contributed by atoms with van der Waals surface area (Å²) in [6.45, 7) is 8.16. The van der Waals surface area contributed by atoms with Gasteiger partial charge in [-0.2, -0.15) is 0 Å². The second-order valence-corrected chi connectivity index (χ2v) is 6.96. The highest BCUT2D eigenvalue weighted by Crippen LogP contribution is 2.34. The molecule has 0 bridgehead atoms. The van der Waals surface area contributed by atoms with E-state index in [-0.39, 0.29) is 5.41 Å². The van der Waals surface area contributed by atoms with Crippen LogP contribution in [0.3, 0.4) is 0 Å². The minimum Gasteiger partial charge on any atom is -0.481 e. The molecule has 1 aromatic carbocycles. The van der Waals surface area contributed by atoms with Crippen molar-refractivity contribution in [2.24, 2.45) is 5.41 Å². The van der Waals surface area contributed by atoms with Crippen LogP contribution in [0.2, 0.25) is 0 Å². The molecular weight excluding hydrogens is 250 g/mol. The van der Waals surface area contributed by atoms with Crippen LogP contribution in [-0.4, -0.2) is 24.2 Å². The number of hydrogen-bond donors (Lipinski definition) is 2. The first kappa shape index (κ1) is 15.0. The quantitative estimate of drug-likeness (QED) is 0.891. The molecule has 110 valence electrons. The second kappa shape index (κ2) is 5.57. The van der Waals surface area contributed by atoms with Crippen LogP contribution in [0.15, 0.2) is 24.3 Å². The van der Waals surface area contributed by atoms with Crippen LogP contribution < -0.4 is 5.32 Å². The van der Waals surface area contributed by atoms with Crippen molar-refractivity contribution >= 4 is 5.97 Å². The zero-order valence-electron chi connectivity index (χ0n) is 12.7. The number of carbonyl (C=O) groups is 1. The third-order valence-electron chi connectivity index (χ3n) is 4.38. The molecule has 20 heavy (non-hydrogen) atoms. The number of aliphatic carboxylic acids is 1. The van der Waals surface area contributed by atoms with Crippen LogP contribution in [-0.2, 0) is 16.6 Å². The summed E-state index contributed by atoms with van der Waals surface area (Å²) in [5.74, 6) is -0.654. The molecule has 0 saturated carbocycles. The molecule has 0 spiro atoms. The van der Waals surface area contributed by atoms with Crippen molar-refractivity contribution < 1.29 is 9.90 Å². The molecule has 0 unspecified atom stereocenters. The molecule has 1 fully saturated rings. The van der Waals surface area contributed by atoms with Crippen LogP contribution in [0.1, 0.15) is 44.7 Å². The van der Waals surface area contributed by atoms with E-state index in [1.807, 2.05) is 0 Å². The Morgan fingerprint density at radius 2 is 1.75 bits per heavy atom. The van der Waals surface area contributed by atoms with Gasteiger partial charge in [0.15, 0.2) is 0 Å². The first-order valence-corrected chi connectivity index (χ1v) is 7.37. The van der Waals surface area contributed by atoms with Gasteiger partial charge in [-0.05, 0) is 48.9 Å². The lowest BCUT2D eigenvalue weighted by Gasteiger charge is -2.33. The van der Waals surface area contributed by atoms with Crippen LogP contribution in [0.4, 0.5) is 0 Å². The third-order valence-corrected chi connectivity index (χ3v) is 4.38. The fourth-order valence-corrected chi connectivity index (χ4v) is 2.88. The van der Waals surface area contributed by atoms with Crippen molar-refractivity contribution in [1.82, 2.24) is 5.32 Å². The average molecular weight is 275 g/mol. The Bertz CT molecular complexity index is 465. The van der Waals surface area contributed by atoms with Crippen LogP contribution in [0, 0.1) is 5.41 Å². The highest BCUT2D eigenvalue weighted by molar-refractivity contribution is 5.75. The normalized spacial score (nSPS) is 18.8. The fourth-order valence-electron chi connectivity index (χ4n) is 2.88. The Kier molecular flexibility index (Phi) is 4.19. The van der Waals surface area contributed by atoms with Gasteiger partial charge in [0.05, 0.1) is 5.41 Å². The largest absolute Gasteiger partial charge is 0.481 e. The van der Waals surface area contributed by atoms with Crippen LogP contribution in [0.5, 0.6) is 0 Å². The number of rotatable bonds is 3. The summed E-state index contributed by atoms with van der Waals surface area (Å²) in [5, 5.41) is 12.9. The number of hydrogen-bond acceptors (Lipinski definition) is 2. The van der Waals surface area contributed by atoms with Crippen molar-refractivity contribution in [2.75, 3.05) is 13.1 Å². The Morgan fingerprint density at radius 1 is 1.20 bits per heavy atom.